The molecule has 3 heterocycles. The number of rotatable bonds is 9. The van der Waals surface area contributed by atoms with Gasteiger partial charge in [-0.2, -0.15) is 0 Å². The number of anilines is 1. The van der Waals surface area contributed by atoms with E-state index in [1.165, 1.54) is 17.4 Å². The van der Waals surface area contributed by atoms with Crippen LogP contribution < -0.4 is 4.90 Å². The number of hydrogen-bond donors (Lipinski definition) is 3. The molecule has 2 atom stereocenters. The van der Waals surface area contributed by atoms with E-state index in [0.29, 0.717) is 37.0 Å². The van der Waals surface area contributed by atoms with E-state index >= 15 is 0 Å². The highest BCUT2D eigenvalue weighted by Gasteiger charge is 2.44. The number of nitrogens with zero attached hydrogens (tertiary/aromatic N) is 5. The molecule has 2 aromatic carbocycles. The highest BCUT2D eigenvalue weighted by atomic mass is 32.2. The maximum atomic E-state index is 13.6. The molecule has 41 heavy (non-hydrogen) atoms. The van der Waals surface area contributed by atoms with Gasteiger partial charge in [0.2, 0.25) is 0 Å². The van der Waals surface area contributed by atoms with Crippen LogP contribution in [0, 0.1) is 6.92 Å². The fraction of sp³-hybridized carbons (Fsp3) is 0.345. The number of aliphatic hydroxyl groups is 2. The first kappa shape index (κ1) is 28.5. The van der Waals surface area contributed by atoms with E-state index in [1.54, 1.807) is 30.3 Å². The van der Waals surface area contributed by atoms with E-state index in [-0.39, 0.29) is 23.6 Å². The van der Waals surface area contributed by atoms with Crippen molar-refractivity contribution in [2.75, 3.05) is 31.1 Å². The van der Waals surface area contributed by atoms with Crippen molar-refractivity contribution in [2.45, 2.75) is 42.7 Å². The van der Waals surface area contributed by atoms with Crippen molar-refractivity contribution in [3.8, 4) is 0 Å². The van der Waals surface area contributed by atoms with Crippen molar-refractivity contribution in [3.63, 3.8) is 0 Å². The molecule has 0 radical (unpaired) electrons. The number of carbonyl (C=O) groups is 1. The minimum Gasteiger partial charge on any atom is -0.465 e. The smallest absolute Gasteiger partial charge is 0.407 e. The third-order valence-corrected chi connectivity index (χ3v) is 9.32. The standard InChI is InChI=1S/C29H33N5O6S/c1-21-8-10-24(11-9-21)41(39,40)34-15-12-25-26(30-20-31-27(25)34)33(17-23(36)18-35)29(16-22-6-3-2-4-7-22)13-5-14-32(19-29)28(37)38/h2-4,6-12,15,20,23,35-36H,5,13-14,16-19H2,1H3,(H,37,38)/t23?,29-/m1/s1. The molecule has 0 spiro atoms. The minimum absolute atomic E-state index is 0.0567. The molecule has 1 unspecified atom stereocenters. The predicted molar refractivity (Wildman–Crippen MR) is 153 cm³/mol. The van der Waals surface area contributed by atoms with Gasteiger partial charge in [-0.1, -0.05) is 48.0 Å². The Balaban J connectivity index is 1.67. The highest BCUT2D eigenvalue weighted by molar-refractivity contribution is 7.90. The Morgan fingerprint density at radius 3 is 2.51 bits per heavy atom. The summed E-state index contributed by atoms with van der Waals surface area (Å²) < 4.78 is 28.3. The third-order valence-electron chi connectivity index (χ3n) is 7.64. The fourth-order valence-electron chi connectivity index (χ4n) is 5.63. The van der Waals surface area contributed by atoms with Crippen LogP contribution in [0.1, 0.15) is 24.0 Å². The normalized spacial score (nSPS) is 18.4. The molecule has 12 heteroatoms. The van der Waals surface area contributed by atoms with Crippen LogP contribution in [0.4, 0.5) is 10.6 Å². The largest absolute Gasteiger partial charge is 0.465 e. The van der Waals surface area contributed by atoms with Gasteiger partial charge in [0.05, 0.1) is 28.5 Å². The summed E-state index contributed by atoms with van der Waals surface area (Å²) in [7, 11) is -3.99. The van der Waals surface area contributed by atoms with Gasteiger partial charge < -0.3 is 25.1 Å². The van der Waals surface area contributed by atoms with Gasteiger partial charge in [0.1, 0.15) is 12.1 Å². The van der Waals surface area contributed by atoms with E-state index < -0.39 is 34.4 Å². The fourth-order valence-corrected chi connectivity index (χ4v) is 6.93. The molecule has 1 saturated heterocycles. The zero-order valence-electron chi connectivity index (χ0n) is 22.7. The van der Waals surface area contributed by atoms with Crippen molar-refractivity contribution in [2.24, 2.45) is 0 Å². The summed E-state index contributed by atoms with van der Waals surface area (Å²) in [6, 6.07) is 17.8. The average molecular weight is 580 g/mol. The van der Waals surface area contributed by atoms with Gasteiger partial charge in [0.15, 0.2) is 5.65 Å². The summed E-state index contributed by atoms with van der Waals surface area (Å²) in [6.45, 7) is 1.80. The molecule has 216 valence electrons. The predicted octanol–water partition coefficient (Wildman–Crippen LogP) is 2.89. The molecule has 5 rings (SSSR count). The second-order valence-corrected chi connectivity index (χ2v) is 12.3. The van der Waals surface area contributed by atoms with Gasteiger partial charge in [-0.15, -0.1) is 0 Å². The van der Waals surface area contributed by atoms with Crippen molar-refractivity contribution < 1.29 is 28.5 Å². The van der Waals surface area contributed by atoms with Crippen LogP contribution in [0.3, 0.4) is 0 Å². The maximum Gasteiger partial charge on any atom is 0.407 e. The van der Waals surface area contributed by atoms with Crippen LogP contribution >= 0.6 is 0 Å². The SMILES string of the molecule is Cc1ccc(S(=O)(=O)n2ccc3c(N(CC(O)CO)[C@@]4(Cc5ccccc5)CCCN(C(=O)O)C4)ncnc32)cc1. The second kappa shape index (κ2) is 11.5. The Labute approximate surface area is 238 Å². The number of aryl methyl sites for hydroxylation is 1. The first-order valence-electron chi connectivity index (χ1n) is 13.4. The zero-order chi connectivity index (χ0) is 29.2. The topological polar surface area (TPSA) is 149 Å². The van der Waals surface area contributed by atoms with Crippen LogP contribution in [0.25, 0.3) is 11.0 Å². The summed E-state index contributed by atoms with van der Waals surface area (Å²) in [5, 5.41) is 30.9. The molecule has 3 N–H and O–H groups in total. The van der Waals surface area contributed by atoms with Gasteiger partial charge in [-0.25, -0.2) is 27.2 Å². The lowest BCUT2D eigenvalue weighted by molar-refractivity contribution is 0.0798. The number of aromatic nitrogens is 3. The number of benzene rings is 2. The van der Waals surface area contributed by atoms with E-state index in [4.69, 9.17) is 0 Å². The minimum atomic E-state index is -3.99. The molecule has 1 amide bonds. The van der Waals surface area contributed by atoms with Crippen LogP contribution in [0.2, 0.25) is 0 Å². The Morgan fingerprint density at radius 1 is 1.10 bits per heavy atom. The number of fused-ring (bicyclic) bond motifs is 1. The van der Waals surface area contributed by atoms with Crippen LogP contribution in [-0.2, 0) is 16.4 Å². The molecule has 11 nitrogen and oxygen atoms in total. The van der Waals surface area contributed by atoms with Crippen LogP contribution in [0.5, 0.6) is 0 Å². The lowest BCUT2D eigenvalue weighted by atomic mass is 9.81. The molecule has 0 aliphatic carbocycles. The molecule has 1 aliphatic rings. The number of β-amino-alcohol motifs (C(OH)–C–C–N with tert-alkyl or cyclic N) is 1. The summed E-state index contributed by atoms with van der Waals surface area (Å²) in [5.41, 5.74) is 1.19. The average Bonchev–Trinajstić information content (AvgIpc) is 3.42. The Bertz CT molecular complexity index is 1630. The molecule has 0 bridgehead atoms. The van der Waals surface area contributed by atoms with E-state index in [2.05, 4.69) is 9.97 Å². The molecule has 1 aliphatic heterocycles. The lowest BCUT2D eigenvalue weighted by Gasteiger charge is -2.50. The molecular weight excluding hydrogens is 546 g/mol. The first-order valence-corrected chi connectivity index (χ1v) is 14.8. The van der Waals surface area contributed by atoms with Crippen molar-refractivity contribution in [3.05, 3.63) is 84.3 Å². The summed E-state index contributed by atoms with van der Waals surface area (Å²) in [6.07, 6.45) is 2.07. The highest BCUT2D eigenvalue weighted by Crippen LogP contribution is 2.38. The maximum absolute atomic E-state index is 13.6. The van der Waals surface area contributed by atoms with E-state index in [1.807, 2.05) is 42.2 Å². The Hall–Kier alpha value is -4.00. The number of amides is 1. The molecular formula is C29H33N5O6S. The van der Waals surface area contributed by atoms with Crippen molar-refractivity contribution >= 4 is 33.0 Å². The summed E-state index contributed by atoms with van der Waals surface area (Å²) >= 11 is 0. The number of hydrogen-bond acceptors (Lipinski definition) is 8. The second-order valence-electron chi connectivity index (χ2n) is 10.5. The number of aliphatic hydroxyl groups excluding tert-OH is 2. The number of piperidine rings is 1. The first-order chi connectivity index (χ1) is 19.6. The summed E-state index contributed by atoms with van der Waals surface area (Å²) in [4.78, 5) is 24.3. The Kier molecular flexibility index (Phi) is 7.98. The van der Waals surface area contributed by atoms with Crippen molar-refractivity contribution in [1.82, 2.24) is 18.8 Å². The quantitative estimate of drug-likeness (QED) is 0.272. The molecule has 2 aromatic heterocycles. The summed E-state index contributed by atoms with van der Waals surface area (Å²) in [5.74, 6) is 0.350. The van der Waals surface area contributed by atoms with E-state index in [0.717, 1.165) is 15.1 Å². The van der Waals surface area contributed by atoms with Crippen molar-refractivity contribution in [1.29, 1.82) is 0 Å². The van der Waals surface area contributed by atoms with Gasteiger partial charge in [0, 0.05) is 25.8 Å². The monoisotopic (exact) mass is 579 g/mol. The van der Waals surface area contributed by atoms with Gasteiger partial charge >= 0.3 is 6.09 Å². The number of likely N-dealkylation sites (tertiary alicyclic amines) is 1. The third kappa shape index (κ3) is 5.63. The van der Waals surface area contributed by atoms with Gasteiger partial charge in [-0.3, -0.25) is 0 Å². The molecule has 1 fully saturated rings. The number of carboxylic acid groups (broad SMARTS) is 1. The molecule has 0 saturated carbocycles. The lowest BCUT2D eigenvalue weighted by Crippen LogP contribution is -2.63. The Morgan fingerprint density at radius 2 is 1.83 bits per heavy atom. The van der Waals surface area contributed by atoms with E-state index in [9.17, 15) is 28.5 Å². The van der Waals surface area contributed by atoms with Crippen LogP contribution in [0.15, 0.2) is 78.1 Å². The van der Waals surface area contributed by atoms with Gasteiger partial charge in [-0.05, 0) is 49.9 Å². The molecule has 4 aromatic rings. The van der Waals surface area contributed by atoms with Crippen LogP contribution in [-0.4, -0.2) is 86.6 Å². The zero-order valence-corrected chi connectivity index (χ0v) is 23.5. The van der Waals surface area contributed by atoms with Gasteiger partial charge in [0.25, 0.3) is 10.0 Å².